The Morgan fingerprint density at radius 2 is 0.953 bits per heavy atom. The van der Waals surface area contributed by atoms with Gasteiger partial charge in [0.15, 0.2) is 0 Å². The first-order chi connectivity index (χ1) is 30.7. The van der Waals surface area contributed by atoms with Crippen molar-refractivity contribution in [1.82, 2.24) is 47.5 Å². The molecule has 0 saturated carbocycles. The largest absolute Gasteiger partial charge is 0.353 e. The number of carbonyl (C=O) groups excluding carboxylic acids is 6. The summed E-state index contributed by atoms with van der Waals surface area (Å²) in [6, 6.07) is 29.8. The molecular weight excluding hydrogens is 851 g/mol. The van der Waals surface area contributed by atoms with Crippen LogP contribution in [0.5, 0.6) is 0 Å². The molecule has 4 aromatic rings. The van der Waals surface area contributed by atoms with Crippen LogP contribution in [0.4, 0.5) is 0 Å². The Morgan fingerprint density at radius 1 is 0.547 bits per heavy atom. The van der Waals surface area contributed by atoms with E-state index < -0.39 is 50.3 Å². The number of nitrogens with zero attached hydrogens (tertiary/aromatic N) is 1. The van der Waals surface area contributed by atoms with Gasteiger partial charge in [-0.3, -0.25) is 44.4 Å². The molecule has 15 nitrogen and oxygen atoms in total. The number of amides is 6. The molecule has 0 spiro atoms. The Balaban J connectivity index is 1.04. The van der Waals surface area contributed by atoms with Crippen molar-refractivity contribution in [1.29, 1.82) is 0 Å². The SMILES string of the molecule is CC1(C)S[C@H]([C@H](NC(=O)Cc2ccccc2)C(=O)NCc2ccccc2)N[C@H]1C(=O)NCCNC(=O)[C@@H]1N[C@@H]([C@H](NC(=O)Cc2ccccc2)C(=O)NCc2ccccn2)SC1(C)C. The Labute approximate surface area is 382 Å². The van der Waals surface area contributed by atoms with Gasteiger partial charge in [0.05, 0.1) is 35.8 Å². The van der Waals surface area contributed by atoms with Gasteiger partial charge < -0.3 is 31.9 Å². The zero-order valence-electron chi connectivity index (χ0n) is 36.4. The molecule has 17 heteroatoms. The number of pyridine rings is 1. The highest BCUT2D eigenvalue weighted by atomic mass is 32.2. The molecule has 0 aliphatic carbocycles. The average Bonchev–Trinajstić information content (AvgIpc) is 3.79. The van der Waals surface area contributed by atoms with Crippen LogP contribution in [0.3, 0.4) is 0 Å². The molecule has 6 rings (SSSR count). The number of rotatable bonds is 19. The van der Waals surface area contributed by atoms with E-state index in [0.717, 1.165) is 16.7 Å². The Bertz CT molecular complexity index is 2060. The molecule has 0 radical (unpaired) electrons. The topological polar surface area (TPSA) is 212 Å². The number of hydrogen-bond donors (Lipinski definition) is 8. The van der Waals surface area contributed by atoms with Gasteiger partial charge in [-0.05, 0) is 56.5 Å². The molecule has 3 aromatic carbocycles. The third-order valence-electron chi connectivity index (χ3n) is 10.9. The van der Waals surface area contributed by atoms with Gasteiger partial charge in [0, 0.05) is 35.3 Å². The van der Waals surface area contributed by atoms with Gasteiger partial charge in [0.2, 0.25) is 35.4 Å². The summed E-state index contributed by atoms with van der Waals surface area (Å²) in [6.07, 6.45) is 1.79. The van der Waals surface area contributed by atoms with E-state index >= 15 is 0 Å². The molecule has 3 heterocycles. The van der Waals surface area contributed by atoms with E-state index in [1.165, 1.54) is 23.5 Å². The van der Waals surface area contributed by atoms with E-state index in [1.54, 1.807) is 18.3 Å². The third kappa shape index (κ3) is 13.4. The fourth-order valence-electron chi connectivity index (χ4n) is 7.53. The van der Waals surface area contributed by atoms with Crippen molar-refractivity contribution >= 4 is 59.0 Å². The predicted molar refractivity (Wildman–Crippen MR) is 249 cm³/mol. The predicted octanol–water partition coefficient (Wildman–Crippen LogP) is 2.32. The van der Waals surface area contributed by atoms with Crippen LogP contribution in [0.2, 0.25) is 0 Å². The normalized spacial score (nSPS) is 20.5. The van der Waals surface area contributed by atoms with E-state index in [9.17, 15) is 28.8 Å². The van der Waals surface area contributed by atoms with Gasteiger partial charge in [-0.25, -0.2) is 0 Å². The number of hydrogen-bond acceptors (Lipinski definition) is 11. The average molecular weight is 908 g/mol. The monoisotopic (exact) mass is 907 g/mol. The fraction of sp³-hybridized carbons (Fsp3) is 0.383. The molecule has 2 fully saturated rings. The van der Waals surface area contributed by atoms with Gasteiger partial charge in [0.1, 0.15) is 24.2 Å². The quantitative estimate of drug-likeness (QED) is 0.0641. The fourth-order valence-corrected chi connectivity index (χ4v) is 10.5. The van der Waals surface area contributed by atoms with Crippen LogP contribution in [0.15, 0.2) is 115 Å². The summed E-state index contributed by atoms with van der Waals surface area (Å²) < 4.78 is -1.37. The standard InChI is InChI=1S/C47H57N9O6S2/c1-46(2)38(55-44(63-46)36(40(59)51-28-32-20-12-7-13-21-32)53-34(57)26-30-16-8-5-9-17-30)42(61)49-24-25-50-43(62)39-47(3,4)64-45(56-39)37(41(60)52-29-33-22-14-15-23-48-33)54-35(58)27-31-18-10-6-11-19-31/h5-23,36-39,44-45,55-56H,24-29H2,1-4H3,(H,49,61)(H,50,62)(H,51,59)(H,52,60)(H,53,57)(H,54,58)/t36-,37-,38+,39+,44-,45-/m1/s1. The van der Waals surface area contributed by atoms with Crippen LogP contribution in [0, 0.1) is 0 Å². The van der Waals surface area contributed by atoms with Crippen molar-refractivity contribution in [2.45, 2.75) is 98.0 Å². The summed E-state index contributed by atoms with van der Waals surface area (Å²) in [5, 5.41) is 22.8. The van der Waals surface area contributed by atoms with E-state index in [4.69, 9.17) is 0 Å². The van der Waals surface area contributed by atoms with Gasteiger partial charge in [-0.15, -0.1) is 23.5 Å². The molecule has 338 valence electrons. The van der Waals surface area contributed by atoms with Gasteiger partial charge in [-0.1, -0.05) is 97.1 Å². The summed E-state index contributed by atoms with van der Waals surface area (Å²) in [7, 11) is 0. The molecule has 2 aliphatic heterocycles. The number of benzene rings is 3. The molecule has 6 atom stereocenters. The van der Waals surface area contributed by atoms with Crippen LogP contribution >= 0.6 is 23.5 Å². The zero-order valence-corrected chi connectivity index (χ0v) is 38.0. The first-order valence-corrected chi connectivity index (χ1v) is 23.0. The second kappa shape index (κ2) is 22.2. The van der Waals surface area contributed by atoms with Gasteiger partial charge in [-0.2, -0.15) is 0 Å². The van der Waals surface area contributed by atoms with E-state index in [2.05, 4.69) is 47.5 Å². The lowest BCUT2D eigenvalue weighted by molar-refractivity contribution is -0.129. The van der Waals surface area contributed by atoms with Crippen molar-refractivity contribution < 1.29 is 28.8 Å². The van der Waals surface area contributed by atoms with E-state index in [-0.39, 0.29) is 68.6 Å². The lowest BCUT2D eigenvalue weighted by Crippen LogP contribution is -2.59. The van der Waals surface area contributed by atoms with Crippen molar-refractivity contribution in [2.75, 3.05) is 13.1 Å². The maximum Gasteiger partial charge on any atom is 0.245 e. The van der Waals surface area contributed by atoms with Crippen LogP contribution in [-0.4, -0.2) is 97.9 Å². The second-order valence-corrected chi connectivity index (χ2v) is 20.3. The maximum atomic E-state index is 13.7. The van der Waals surface area contributed by atoms with Crippen molar-refractivity contribution in [3.63, 3.8) is 0 Å². The molecule has 6 amide bonds. The Hall–Kier alpha value is -5.75. The number of thioether (sulfide) groups is 2. The van der Waals surface area contributed by atoms with Gasteiger partial charge >= 0.3 is 0 Å². The van der Waals surface area contributed by atoms with Crippen LogP contribution in [0.1, 0.15) is 50.1 Å². The minimum absolute atomic E-state index is 0.0736. The maximum absolute atomic E-state index is 13.7. The molecule has 0 bridgehead atoms. The van der Waals surface area contributed by atoms with Crippen LogP contribution in [-0.2, 0) is 54.7 Å². The molecule has 2 aliphatic rings. The highest BCUT2D eigenvalue weighted by Crippen LogP contribution is 2.40. The van der Waals surface area contributed by atoms with E-state index in [1.807, 2.05) is 125 Å². The molecular formula is C47H57N9O6S2. The summed E-state index contributed by atoms with van der Waals surface area (Å²) in [5.74, 6) is -2.13. The zero-order chi connectivity index (χ0) is 45.7. The van der Waals surface area contributed by atoms with Crippen molar-refractivity contribution in [3.8, 4) is 0 Å². The highest BCUT2D eigenvalue weighted by molar-refractivity contribution is 8.01. The number of aromatic nitrogens is 1. The third-order valence-corrected chi connectivity index (χ3v) is 13.9. The molecule has 1 aromatic heterocycles. The minimum Gasteiger partial charge on any atom is -0.353 e. The van der Waals surface area contributed by atoms with Crippen molar-refractivity contribution in [2.24, 2.45) is 0 Å². The van der Waals surface area contributed by atoms with Crippen molar-refractivity contribution in [3.05, 3.63) is 138 Å². The Kier molecular flexibility index (Phi) is 16.6. The first kappa shape index (κ1) is 47.7. The number of carbonyl (C=O) groups is 6. The Morgan fingerprint density at radius 3 is 1.38 bits per heavy atom. The van der Waals surface area contributed by atoms with Crippen LogP contribution < -0.4 is 42.5 Å². The van der Waals surface area contributed by atoms with Crippen LogP contribution in [0.25, 0.3) is 0 Å². The highest BCUT2D eigenvalue weighted by Gasteiger charge is 2.50. The first-order valence-electron chi connectivity index (χ1n) is 21.3. The number of nitrogens with one attached hydrogen (secondary N) is 8. The molecule has 0 unspecified atom stereocenters. The smallest absolute Gasteiger partial charge is 0.245 e. The summed E-state index contributed by atoms with van der Waals surface area (Å²) in [6.45, 7) is 8.24. The molecule has 64 heavy (non-hydrogen) atoms. The van der Waals surface area contributed by atoms with E-state index in [0.29, 0.717) is 5.69 Å². The van der Waals surface area contributed by atoms with Gasteiger partial charge in [0.25, 0.3) is 0 Å². The second-order valence-electron chi connectivity index (χ2n) is 16.7. The molecule has 8 N–H and O–H groups in total. The lowest BCUT2D eigenvalue weighted by Gasteiger charge is -2.25. The minimum atomic E-state index is -1.02. The summed E-state index contributed by atoms with van der Waals surface area (Å²) >= 11 is 2.78. The lowest BCUT2D eigenvalue weighted by atomic mass is 10.0. The summed E-state index contributed by atoms with van der Waals surface area (Å²) in [5.41, 5.74) is 3.16. The molecule has 2 saturated heterocycles. The summed E-state index contributed by atoms with van der Waals surface area (Å²) in [4.78, 5) is 85.7.